The molecule has 0 unspecified atom stereocenters. The number of hydrogen-bond acceptors (Lipinski definition) is 3. The normalized spacial score (nSPS) is 12.1. The molecular formula is C28H19BN2O. The van der Waals surface area contributed by atoms with Crippen LogP contribution in [0.15, 0.2) is 115 Å². The molecule has 3 nitrogen and oxygen atoms in total. The van der Waals surface area contributed by atoms with Crippen LogP contribution in [0, 0.1) is 0 Å². The van der Waals surface area contributed by atoms with E-state index in [4.69, 9.17) is 6.11 Å². The highest BCUT2D eigenvalue weighted by Crippen LogP contribution is 2.30. The van der Waals surface area contributed by atoms with Crippen LogP contribution in [-0.2, 0) is 0 Å². The third-order valence-electron chi connectivity index (χ3n) is 5.89. The van der Waals surface area contributed by atoms with Crippen LogP contribution < -0.4 is 21.3 Å². The SMILES string of the molecule is [2H]c1ccc(Oc2cccc(-c3ccc4c(c3)B(c3ccccn3)c3ccccc3-4)c2)nc1. The number of nitrogens with zero attached hydrogens (tertiary/aromatic N) is 2. The molecule has 0 fully saturated rings. The number of ether oxygens (including phenoxy) is 1. The topological polar surface area (TPSA) is 35.0 Å². The van der Waals surface area contributed by atoms with Crippen LogP contribution in [-0.4, -0.2) is 16.7 Å². The lowest BCUT2D eigenvalue weighted by atomic mass is 9.40. The zero-order valence-electron chi connectivity index (χ0n) is 18.3. The summed E-state index contributed by atoms with van der Waals surface area (Å²) in [6.07, 6.45) is 3.34. The summed E-state index contributed by atoms with van der Waals surface area (Å²) in [5.41, 5.74) is 8.36. The first-order valence-corrected chi connectivity index (χ1v) is 10.6. The molecule has 0 amide bonds. The van der Waals surface area contributed by atoms with Gasteiger partial charge in [0.2, 0.25) is 5.88 Å². The van der Waals surface area contributed by atoms with E-state index in [1.54, 1.807) is 12.1 Å². The van der Waals surface area contributed by atoms with E-state index in [2.05, 4.69) is 70.6 Å². The van der Waals surface area contributed by atoms with Gasteiger partial charge in [0.05, 0.1) is 1.37 Å². The Morgan fingerprint density at radius 3 is 2.41 bits per heavy atom. The fourth-order valence-corrected chi connectivity index (χ4v) is 4.48. The molecular weight excluding hydrogens is 391 g/mol. The van der Waals surface area contributed by atoms with Crippen LogP contribution >= 0.6 is 0 Å². The number of pyridine rings is 2. The Kier molecular flexibility index (Phi) is 4.28. The summed E-state index contributed by atoms with van der Waals surface area (Å²) in [4.78, 5) is 8.86. The zero-order valence-corrected chi connectivity index (χ0v) is 17.3. The Hall–Kier alpha value is -4.18. The summed E-state index contributed by atoms with van der Waals surface area (Å²) < 4.78 is 13.5. The van der Waals surface area contributed by atoms with E-state index in [0.29, 0.717) is 17.7 Å². The maximum Gasteiger partial charge on any atom is 0.266 e. The first-order chi connectivity index (χ1) is 16.3. The minimum absolute atomic E-state index is 0.115. The summed E-state index contributed by atoms with van der Waals surface area (Å²) in [6.45, 7) is 0.115. The maximum absolute atomic E-state index is 7.58. The molecule has 0 saturated carbocycles. The van der Waals surface area contributed by atoms with Crippen LogP contribution in [0.5, 0.6) is 11.6 Å². The van der Waals surface area contributed by atoms with E-state index < -0.39 is 0 Å². The van der Waals surface area contributed by atoms with Gasteiger partial charge in [-0.05, 0) is 52.6 Å². The molecule has 2 aromatic heterocycles. The maximum atomic E-state index is 7.58. The van der Waals surface area contributed by atoms with Crippen molar-refractivity contribution in [3.8, 4) is 33.9 Å². The molecule has 150 valence electrons. The van der Waals surface area contributed by atoms with Gasteiger partial charge in [-0.2, -0.15) is 0 Å². The smallest absolute Gasteiger partial charge is 0.266 e. The van der Waals surface area contributed by atoms with E-state index in [0.717, 1.165) is 16.7 Å². The molecule has 0 N–H and O–H groups in total. The van der Waals surface area contributed by atoms with E-state index in [-0.39, 0.29) is 6.71 Å². The van der Waals surface area contributed by atoms with Gasteiger partial charge >= 0.3 is 0 Å². The predicted octanol–water partition coefficient (Wildman–Crippen LogP) is 4.43. The van der Waals surface area contributed by atoms with Gasteiger partial charge in [0.25, 0.3) is 6.71 Å². The molecule has 0 atom stereocenters. The lowest BCUT2D eigenvalue weighted by molar-refractivity contribution is 0.463. The number of benzene rings is 3. The van der Waals surface area contributed by atoms with Crippen molar-refractivity contribution < 1.29 is 6.11 Å². The van der Waals surface area contributed by atoms with Crippen LogP contribution in [0.3, 0.4) is 0 Å². The highest BCUT2D eigenvalue weighted by Gasteiger charge is 2.34. The Bertz CT molecular complexity index is 1450. The first-order valence-electron chi connectivity index (χ1n) is 11.1. The lowest BCUT2D eigenvalue weighted by Gasteiger charge is -2.12. The Morgan fingerprint density at radius 1 is 0.656 bits per heavy atom. The van der Waals surface area contributed by atoms with Crippen molar-refractivity contribution in [2.45, 2.75) is 0 Å². The Morgan fingerprint density at radius 2 is 1.53 bits per heavy atom. The summed E-state index contributed by atoms with van der Waals surface area (Å²) >= 11 is 0. The first kappa shape index (κ1) is 17.5. The van der Waals surface area contributed by atoms with E-state index >= 15 is 0 Å². The number of aromatic nitrogens is 2. The van der Waals surface area contributed by atoms with E-state index in [1.165, 1.54) is 28.2 Å². The van der Waals surface area contributed by atoms with Gasteiger partial charge in [-0.3, -0.25) is 4.98 Å². The van der Waals surface area contributed by atoms with Crippen molar-refractivity contribution >= 4 is 23.2 Å². The molecule has 0 saturated heterocycles. The molecule has 1 aliphatic heterocycles. The zero-order chi connectivity index (χ0) is 22.2. The van der Waals surface area contributed by atoms with Gasteiger partial charge in [0.1, 0.15) is 5.75 Å². The van der Waals surface area contributed by atoms with Crippen molar-refractivity contribution in [1.29, 1.82) is 0 Å². The number of fused-ring (bicyclic) bond motifs is 3. The average molecular weight is 411 g/mol. The molecule has 32 heavy (non-hydrogen) atoms. The van der Waals surface area contributed by atoms with Crippen molar-refractivity contribution in [1.82, 2.24) is 9.97 Å². The largest absolute Gasteiger partial charge is 0.439 e. The van der Waals surface area contributed by atoms with Crippen LogP contribution in [0.1, 0.15) is 1.37 Å². The molecule has 1 aliphatic rings. The second-order valence-electron chi connectivity index (χ2n) is 7.80. The Labute approximate surface area is 188 Å². The van der Waals surface area contributed by atoms with Crippen LogP contribution in [0.25, 0.3) is 22.3 Å². The van der Waals surface area contributed by atoms with Gasteiger partial charge in [-0.15, -0.1) is 0 Å². The minimum Gasteiger partial charge on any atom is -0.439 e. The van der Waals surface area contributed by atoms with Crippen molar-refractivity contribution in [3.05, 3.63) is 115 Å². The van der Waals surface area contributed by atoms with Crippen molar-refractivity contribution in [2.24, 2.45) is 0 Å². The standard InChI is InChI=1S/C28H19BN2O/c1-2-11-25-23(10-1)24-15-14-21(19-26(24)29(25)27-12-3-5-16-30-27)20-8-7-9-22(18-20)32-28-13-4-6-17-31-28/h1-19H/i6D. The van der Waals surface area contributed by atoms with E-state index in [1.807, 2.05) is 30.5 Å². The third-order valence-corrected chi connectivity index (χ3v) is 5.89. The highest BCUT2D eigenvalue weighted by atomic mass is 16.5. The second-order valence-corrected chi connectivity index (χ2v) is 7.80. The van der Waals surface area contributed by atoms with Crippen LogP contribution in [0.4, 0.5) is 0 Å². The lowest BCUT2D eigenvalue weighted by Crippen LogP contribution is -2.50. The highest BCUT2D eigenvalue weighted by molar-refractivity contribution is 6.98. The van der Waals surface area contributed by atoms with E-state index in [9.17, 15) is 0 Å². The minimum atomic E-state index is 0.115. The van der Waals surface area contributed by atoms with Crippen molar-refractivity contribution in [2.75, 3.05) is 0 Å². The van der Waals surface area contributed by atoms with Crippen molar-refractivity contribution in [3.63, 3.8) is 0 Å². The predicted molar refractivity (Wildman–Crippen MR) is 131 cm³/mol. The summed E-state index contributed by atoms with van der Waals surface area (Å²) in [5, 5.41) is 0. The molecule has 0 spiro atoms. The monoisotopic (exact) mass is 411 g/mol. The fraction of sp³-hybridized carbons (Fsp3) is 0. The summed E-state index contributed by atoms with van der Waals surface area (Å²) in [5.74, 6) is 1.19. The molecule has 3 heterocycles. The van der Waals surface area contributed by atoms with Gasteiger partial charge in [0.15, 0.2) is 0 Å². The third kappa shape index (κ3) is 3.26. The second kappa shape index (κ2) is 7.82. The molecule has 5 aromatic rings. The number of rotatable bonds is 4. The van der Waals surface area contributed by atoms with Crippen LogP contribution in [0.2, 0.25) is 0 Å². The van der Waals surface area contributed by atoms with Gasteiger partial charge < -0.3 is 4.74 Å². The Balaban J connectivity index is 1.40. The fourth-order valence-electron chi connectivity index (χ4n) is 4.48. The molecule has 6 rings (SSSR count). The summed E-state index contributed by atoms with van der Waals surface area (Å²) in [6, 6.07) is 33.1. The number of hydrogen-bond donors (Lipinski definition) is 0. The molecule has 0 bridgehead atoms. The van der Waals surface area contributed by atoms with Gasteiger partial charge in [-0.25, -0.2) is 4.98 Å². The molecule has 4 heteroatoms. The molecule has 0 radical (unpaired) electrons. The van der Waals surface area contributed by atoms with Gasteiger partial charge in [0, 0.05) is 24.1 Å². The molecule has 0 aliphatic carbocycles. The molecule has 3 aromatic carbocycles. The van der Waals surface area contributed by atoms with Gasteiger partial charge in [-0.1, -0.05) is 77.7 Å². The average Bonchev–Trinajstić information content (AvgIpc) is 3.20. The quantitative estimate of drug-likeness (QED) is 0.403. The summed E-state index contributed by atoms with van der Waals surface area (Å²) in [7, 11) is 0.